The number of amides is 3. The Kier molecular flexibility index (Phi) is 9.27. The number of rotatable bonds is 9. The van der Waals surface area contributed by atoms with E-state index in [9.17, 15) is 14.4 Å². The Bertz CT molecular complexity index is 695. The molecule has 1 saturated heterocycles. The molecule has 0 unspecified atom stereocenters. The van der Waals surface area contributed by atoms with Crippen molar-refractivity contribution in [1.82, 2.24) is 15.5 Å². The van der Waals surface area contributed by atoms with Crippen molar-refractivity contribution in [1.29, 1.82) is 0 Å². The summed E-state index contributed by atoms with van der Waals surface area (Å²) in [6.07, 6.45) is 3.03. The van der Waals surface area contributed by atoms with Crippen LogP contribution in [0, 0.1) is 5.92 Å². The van der Waals surface area contributed by atoms with Gasteiger partial charge in [0, 0.05) is 26.1 Å². The Morgan fingerprint density at radius 1 is 1.24 bits per heavy atom. The lowest BCUT2D eigenvalue weighted by Gasteiger charge is -2.32. The fourth-order valence-electron chi connectivity index (χ4n) is 3.36. The molecule has 1 atom stereocenters. The molecule has 0 spiro atoms. The summed E-state index contributed by atoms with van der Waals surface area (Å²) in [7, 11) is 1.61. The third-order valence-electron chi connectivity index (χ3n) is 4.90. The first-order chi connectivity index (χ1) is 14.0. The number of carbonyl (C=O) groups is 3. The fraction of sp³-hybridized carbons (Fsp3) is 0.571. The molecule has 2 N–H and O–H groups in total. The summed E-state index contributed by atoms with van der Waals surface area (Å²) in [5.41, 5.74) is 0.986. The van der Waals surface area contributed by atoms with Crippen molar-refractivity contribution in [3.8, 4) is 5.75 Å². The minimum atomic E-state index is -0.442. The summed E-state index contributed by atoms with van der Waals surface area (Å²) >= 11 is 0. The van der Waals surface area contributed by atoms with Crippen molar-refractivity contribution in [2.75, 3.05) is 33.4 Å². The van der Waals surface area contributed by atoms with E-state index in [4.69, 9.17) is 9.47 Å². The highest BCUT2D eigenvalue weighted by Gasteiger charge is 2.24. The maximum absolute atomic E-state index is 12.2. The van der Waals surface area contributed by atoms with Gasteiger partial charge in [-0.1, -0.05) is 12.1 Å². The summed E-state index contributed by atoms with van der Waals surface area (Å²) in [5.74, 6) is 0.596. The quantitative estimate of drug-likeness (QED) is 0.613. The van der Waals surface area contributed by atoms with Crippen LogP contribution in [0.1, 0.15) is 38.2 Å². The van der Waals surface area contributed by atoms with Crippen molar-refractivity contribution < 1.29 is 23.9 Å². The number of nitrogens with one attached hydrogen (secondary N) is 2. The third-order valence-corrected chi connectivity index (χ3v) is 4.90. The third kappa shape index (κ3) is 8.01. The smallest absolute Gasteiger partial charge is 0.325 e. The number of piperidine rings is 1. The highest BCUT2D eigenvalue weighted by molar-refractivity contribution is 5.81. The maximum Gasteiger partial charge on any atom is 0.325 e. The van der Waals surface area contributed by atoms with Crippen LogP contribution in [0.25, 0.3) is 0 Å². The van der Waals surface area contributed by atoms with Crippen LogP contribution in [0.2, 0.25) is 0 Å². The van der Waals surface area contributed by atoms with Crippen LogP contribution in [-0.2, 0) is 20.9 Å². The first kappa shape index (κ1) is 22.5. The molecule has 3 amide bonds. The SMILES string of the molecule is CCOC(=O)CNC(=O)N1CCC[C@H](CCC(=O)NCc2cccc(OC)c2)C1. The molecule has 8 nitrogen and oxygen atoms in total. The monoisotopic (exact) mass is 405 g/mol. The largest absolute Gasteiger partial charge is 0.497 e. The molecule has 1 aromatic rings. The predicted octanol–water partition coefficient (Wildman–Crippen LogP) is 2.08. The van der Waals surface area contributed by atoms with Crippen LogP contribution in [-0.4, -0.2) is 56.2 Å². The molecule has 1 heterocycles. The van der Waals surface area contributed by atoms with Gasteiger partial charge in [0.25, 0.3) is 0 Å². The molecule has 0 saturated carbocycles. The Hall–Kier alpha value is -2.77. The van der Waals surface area contributed by atoms with E-state index in [1.165, 1.54) is 0 Å². The molecule has 0 aromatic heterocycles. The Balaban J connectivity index is 1.69. The van der Waals surface area contributed by atoms with E-state index in [0.29, 0.717) is 32.7 Å². The van der Waals surface area contributed by atoms with Gasteiger partial charge < -0.3 is 25.0 Å². The van der Waals surface area contributed by atoms with Gasteiger partial charge in [-0.15, -0.1) is 0 Å². The van der Waals surface area contributed by atoms with E-state index >= 15 is 0 Å². The molecule has 1 aliphatic heterocycles. The summed E-state index contributed by atoms with van der Waals surface area (Å²) in [5, 5.41) is 5.52. The van der Waals surface area contributed by atoms with Gasteiger partial charge in [0.05, 0.1) is 13.7 Å². The van der Waals surface area contributed by atoms with Crippen molar-refractivity contribution in [3.63, 3.8) is 0 Å². The number of esters is 1. The molecule has 0 aliphatic carbocycles. The summed E-state index contributed by atoms with van der Waals surface area (Å²) < 4.78 is 9.99. The lowest BCUT2D eigenvalue weighted by Crippen LogP contribution is -2.47. The van der Waals surface area contributed by atoms with E-state index in [1.807, 2.05) is 24.3 Å². The lowest BCUT2D eigenvalue weighted by molar-refractivity contribution is -0.141. The van der Waals surface area contributed by atoms with Crippen LogP contribution in [0.4, 0.5) is 4.79 Å². The van der Waals surface area contributed by atoms with Crippen LogP contribution in [0.15, 0.2) is 24.3 Å². The van der Waals surface area contributed by atoms with Crippen molar-refractivity contribution >= 4 is 17.9 Å². The summed E-state index contributed by atoms with van der Waals surface area (Å²) in [6.45, 7) is 3.61. The first-order valence-corrected chi connectivity index (χ1v) is 10.1. The lowest BCUT2D eigenvalue weighted by atomic mass is 9.93. The zero-order valence-corrected chi connectivity index (χ0v) is 17.2. The number of urea groups is 1. The Labute approximate surface area is 171 Å². The van der Waals surface area contributed by atoms with Gasteiger partial charge >= 0.3 is 12.0 Å². The molecule has 0 bridgehead atoms. The standard InChI is InChI=1S/C21H31N3O5/c1-3-29-20(26)14-23-21(27)24-11-5-7-16(15-24)9-10-19(25)22-13-17-6-4-8-18(12-17)28-2/h4,6,8,12,16H,3,5,7,9-11,13-15H2,1-2H3,(H,22,25)(H,23,27)/t16-/m1/s1. The minimum Gasteiger partial charge on any atom is -0.497 e. The molecule has 0 radical (unpaired) electrons. The van der Waals surface area contributed by atoms with Gasteiger partial charge in [0.1, 0.15) is 12.3 Å². The van der Waals surface area contributed by atoms with Crippen LogP contribution in [0.3, 0.4) is 0 Å². The van der Waals surface area contributed by atoms with E-state index in [1.54, 1.807) is 18.9 Å². The molecule has 1 fully saturated rings. The number of benzene rings is 1. The first-order valence-electron chi connectivity index (χ1n) is 10.1. The van der Waals surface area contributed by atoms with E-state index < -0.39 is 5.97 Å². The van der Waals surface area contributed by atoms with Crippen molar-refractivity contribution in [2.24, 2.45) is 5.92 Å². The van der Waals surface area contributed by atoms with Gasteiger partial charge in [0.15, 0.2) is 0 Å². The molecule has 2 rings (SSSR count). The topological polar surface area (TPSA) is 97.0 Å². The van der Waals surface area contributed by atoms with E-state index in [0.717, 1.165) is 30.6 Å². The number of hydrogen-bond donors (Lipinski definition) is 2. The fourth-order valence-corrected chi connectivity index (χ4v) is 3.36. The molecule has 160 valence electrons. The molecule has 8 heteroatoms. The van der Waals surface area contributed by atoms with Gasteiger partial charge in [-0.3, -0.25) is 9.59 Å². The maximum atomic E-state index is 12.2. The number of nitrogens with zero attached hydrogens (tertiary/aromatic N) is 1. The van der Waals surface area contributed by atoms with Gasteiger partial charge in [-0.25, -0.2) is 4.79 Å². The van der Waals surface area contributed by atoms with Crippen molar-refractivity contribution in [3.05, 3.63) is 29.8 Å². The second kappa shape index (κ2) is 11.9. The number of hydrogen-bond acceptors (Lipinski definition) is 5. The Morgan fingerprint density at radius 2 is 2.07 bits per heavy atom. The highest BCUT2D eigenvalue weighted by Crippen LogP contribution is 2.21. The second-order valence-electron chi connectivity index (χ2n) is 7.08. The predicted molar refractivity (Wildman–Crippen MR) is 108 cm³/mol. The molecular weight excluding hydrogens is 374 g/mol. The number of carbonyl (C=O) groups excluding carboxylic acids is 3. The molecule has 1 aliphatic rings. The number of likely N-dealkylation sites (tertiary alicyclic amines) is 1. The van der Waals surface area contributed by atoms with E-state index in [2.05, 4.69) is 10.6 Å². The van der Waals surface area contributed by atoms with Crippen molar-refractivity contribution in [2.45, 2.75) is 39.2 Å². The molecular formula is C21H31N3O5. The Morgan fingerprint density at radius 3 is 2.83 bits per heavy atom. The summed E-state index contributed by atoms with van der Waals surface area (Å²) in [4.78, 5) is 37.5. The van der Waals surface area contributed by atoms with Crippen LogP contribution in [0.5, 0.6) is 5.75 Å². The zero-order chi connectivity index (χ0) is 21.1. The van der Waals surface area contributed by atoms with Crippen LogP contribution >= 0.6 is 0 Å². The molecule has 29 heavy (non-hydrogen) atoms. The van der Waals surface area contributed by atoms with Crippen LogP contribution < -0.4 is 15.4 Å². The minimum absolute atomic E-state index is 0.00305. The van der Waals surface area contributed by atoms with Gasteiger partial charge in [0.2, 0.25) is 5.91 Å². The van der Waals surface area contributed by atoms with E-state index in [-0.39, 0.29) is 24.4 Å². The second-order valence-corrected chi connectivity index (χ2v) is 7.08. The average Bonchev–Trinajstić information content (AvgIpc) is 2.75. The average molecular weight is 405 g/mol. The van der Waals surface area contributed by atoms with Gasteiger partial charge in [-0.05, 0) is 49.8 Å². The number of ether oxygens (including phenoxy) is 2. The number of methoxy groups -OCH3 is 1. The summed E-state index contributed by atoms with van der Waals surface area (Å²) in [6, 6.07) is 7.34. The normalized spacial score (nSPS) is 16.1. The molecule has 1 aromatic carbocycles. The van der Waals surface area contributed by atoms with Gasteiger partial charge in [-0.2, -0.15) is 0 Å². The highest BCUT2D eigenvalue weighted by atomic mass is 16.5. The zero-order valence-electron chi connectivity index (χ0n) is 17.2.